The first-order valence-electron chi connectivity index (χ1n) is 5.57. The highest BCUT2D eigenvalue weighted by Gasteiger charge is 2.14. The minimum absolute atomic E-state index is 0.116. The molecule has 0 aliphatic rings. The van der Waals surface area contributed by atoms with E-state index in [1.54, 1.807) is 0 Å². The quantitative estimate of drug-likeness (QED) is 0.913. The van der Waals surface area contributed by atoms with Crippen LogP contribution in [0.15, 0.2) is 40.9 Å². The third-order valence-electron chi connectivity index (χ3n) is 2.59. The van der Waals surface area contributed by atoms with Crippen molar-refractivity contribution in [2.45, 2.75) is 6.61 Å². The lowest BCUT2D eigenvalue weighted by Gasteiger charge is -2.09. The molecule has 0 aromatic heterocycles. The van der Waals surface area contributed by atoms with E-state index >= 15 is 0 Å². The molecule has 0 aliphatic carbocycles. The van der Waals surface area contributed by atoms with Gasteiger partial charge in [0.1, 0.15) is 24.0 Å². The molecule has 104 valence electrons. The lowest BCUT2D eigenvalue weighted by Crippen LogP contribution is -2.06. The average Bonchev–Trinajstić information content (AvgIpc) is 2.41. The van der Waals surface area contributed by atoms with Gasteiger partial charge >= 0.3 is 5.97 Å². The summed E-state index contributed by atoms with van der Waals surface area (Å²) in [5.41, 5.74) is -0.295. The van der Waals surface area contributed by atoms with E-state index in [0.29, 0.717) is 5.75 Å². The first-order chi connectivity index (χ1) is 9.49. The number of hydrogen-bond donors (Lipinski definition) is 1. The van der Waals surface area contributed by atoms with Crippen LogP contribution in [-0.4, -0.2) is 11.1 Å². The number of carboxylic acids is 1. The molecule has 0 saturated heterocycles. The highest BCUT2D eigenvalue weighted by atomic mass is 79.9. The Morgan fingerprint density at radius 2 is 2.00 bits per heavy atom. The van der Waals surface area contributed by atoms with Gasteiger partial charge in [-0.3, -0.25) is 0 Å². The maximum Gasteiger partial charge on any atom is 0.338 e. The molecule has 0 spiro atoms. The molecule has 0 radical (unpaired) electrons. The molecule has 0 fully saturated rings. The van der Waals surface area contributed by atoms with Crippen molar-refractivity contribution >= 4 is 21.9 Å². The van der Waals surface area contributed by atoms with Crippen molar-refractivity contribution in [1.29, 1.82) is 0 Å². The Morgan fingerprint density at radius 1 is 1.25 bits per heavy atom. The smallest absolute Gasteiger partial charge is 0.338 e. The van der Waals surface area contributed by atoms with E-state index in [1.807, 2.05) is 0 Å². The second kappa shape index (κ2) is 6.00. The van der Waals surface area contributed by atoms with E-state index in [2.05, 4.69) is 15.9 Å². The second-order valence-electron chi connectivity index (χ2n) is 3.95. The molecular formula is C14H9BrF2O3. The lowest BCUT2D eigenvalue weighted by atomic mass is 10.1. The van der Waals surface area contributed by atoms with Crippen molar-refractivity contribution in [2.24, 2.45) is 0 Å². The van der Waals surface area contributed by atoms with Crippen LogP contribution in [0.25, 0.3) is 0 Å². The summed E-state index contributed by atoms with van der Waals surface area (Å²) in [5.74, 6) is -2.26. The Kier molecular flexibility index (Phi) is 4.34. The summed E-state index contributed by atoms with van der Waals surface area (Å²) >= 11 is 3.01. The Labute approximate surface area is 121 Å². The third-order valence-corrected chi connectivity index (χ3v) is 3.20. The van der Waals surface area contributed by atoms with Gasteiger partial charge in [-0.15, -0.1) is 0 Å². The average molecular weight is 343 g/mol. The van der Waals surface area contributed by atoms with Crippen LogP contribution in [0.4, 0.5) is 8.78 Å². The van der Waals surface area contributed by atoms with Crippen molar-refractivity contribution in [1.82, 2.24) is 0 Å². The van der Waals surface area contributed by atoms with Crippen molar-refractivity contribution < 1.29 is 23.4 Å². The molecule has 0 aliphatic heterocycles. The number of ether oxygens (including phenoxy) is 1. The van der Waals surface area contributed by atoms with E-state index in [0.717, 1.165) is 0 Å². The molecule has 3 nitrogen and oxygen atoms in total. The second-order valence-corrected chi connectivity index (χ2v) is 4.80. The van der Waals surface area contributed by atoms with Crippen LogP contribution < -0.4 is 4.74 Å². The van der Waals surface area contributed by atoms with E-state index in [9.17, 15) is 13.6 Å². The standard InChI is InChI=1S/C14H9BrF2O3/c15-11-6-9(4-5-12(11)16)20-7-8-2-1-3-10(13(8)17)14(18)19/h1-6H,7H2,(H,18,19). The van der Waals surface area contributed by atoms with E-state index in [1.165, 1.54) is 36.4 Å². The highest BCUT2D eigenvalue weighted by molar-refractivity contribution is 9.10. The minimum Gasteiger partial charge on any atom is -0.489 e. The largest absolute Gasteiger partial charge is 0.489 e. The number of benzene rings is 2. The Balaban J connectivity index is 2.17. The van der Waals surface area contributed by atoms with Crippen LogP contribution in [0.3, 0.4) is 0 Å². The van der Waals surface area contributed by atoms with Gasteiger partial charge in [-0.1, -0.05) is 12.1 Å². The van der Waals surface area contributed by atoms with Crippen molar-refractivity contribution in [3.63, 3.8) is 0 Å². The van der Waals surface area contributed by atoms with E-state index < -0.39 is 23.2 Å². The summed E-state index contributed by atoms with van der Waals surface area (Å²) in [5, 5.41) is 8.81. The van der Waals surface area contributed by atoms with E-state index in [4.69, 9.17) is 9.84 Å². The number of halogens is 3. The van der Waals surface area contributed by atoms with Gasteiger partial charge in [0.2, 0.25) is 0 Å². The van der Waals surface area contributed by atoms with Gasteiger partial charge in [0.25, 0.3) is 0 Å². The third kappa shape index (κ3) is 3.14. The maximum absolute atomic E-state index is 13.8. The number of carboxylic acid groups (broad SMARTS) is 1. The fourth-order valence-electron chi connectivity index (χ4n) is 1.58. The van der Waals surface area contributed by atoms with E-state index in [-0.39, 0.29) is 16.6 Å². The fraction of sp³-hybridized carbons (Fsp3) is 0.0714. The molecule has 2 aromatic carbocycles. The summed E-state index contributed by atoms with van der Waals surface area (Å²) in [6.07, 6.45) is 0. The molecule has 0 bridgehead atoms. The van der Waals surface area contributed by atoms with Gasteiger partial charge in [-0.05, 0) is 40.2 Å². The SMILES string of the molecule is O=C(O)c1cccc(COc2ccc(F)c(Br)c2)c1F. The first kappa shape index (κ1) is 14.5. The maximum atomic E-state index is 13.8. The van der Waals surface area contributed by atoms with Gasteiger partial charge in [-0.25, -0.2) is 13.6 Å². The summed E-state index contributed by atoms with van der Waals surface area (Å²) in [6.45, 7) is -0.148. The molecule has 0 heterocycles. The van der Waals surface area contributed by atoms with Crippen LogP contribution in [0.5, 0.6) is 5.75 Å². The van der Waals surface area contributed by atoms with Gasteiger partial charge in [-0.2, -0.15) is 0 Å². The highest BCUT2D eigenvalue weighted by Crippen LogP contribution is 2.23. The fourth-order valence-corrected chi connectivity index (χ4v) is 1.94. The number of hydrogen-bond acceptors (Lipinski definition) is 2. The zero-order chi connectivity index (χ0) is 14.7. The Bertz CT molecular complexity index is 659. The molecule has 0 saturated carbocycles. The zero-order valence-corrected chi connectivity index (χ0v) is 11.7. The van der Waals surface area contributed by atoms with Gasteiger partial charge in [0.15, 0.2) is 0 Å². The van der Waals surface area contributed by atoms with Crippen LogP contribution in [0.2, 0.25) is 0 Å². The molecule has 2 rings (SSSR count). The topological polar surface area (TPSA) is 46.5 Å². The normalized spacial score (nSPS) is 10.3. The van der Waals surface area contributed by atoms with Crippen LogP contribution >= 0.6 is 15.9 Å². The van der Waals surface area contributed by atoms with Crippen molar-refractivity contribution in [3.8, 4) is 5.75 Å². The first-order valence-corrected chi connectivity index (χ1v) is 6.37. The molecule has 0 amide bonds. The predicted octanol–water partition coefficient (Wildman–Crippen LogP) is 4.00. The predicted molar refractivity (Wildman–Crippen MR) is 71.8 cm³/mol. The lowest BCUT2D eigenvalue weighted by molar-refractivity contribution is 0.0691. The van der Waals surface area contributed by atoms with Crippen LogP contribution in [0.1, 0.15) is 15.9 Å². The molecule has 0 atom stereocenters. The molecule has 0 unspecified atom stereocenters. The van der Waals surface area contributed by atoms with Gasteiger partial charge in [0, 0.05) is 5.56 Å². The molecule has 20 heavy (non-hydrogen) atoms. The molecule has 6 heteroatoms. The van der Waals surface area contributed by atoms with Crippen LogP contribution in [-0.2, 0) is 6.61 Å². The van der Waals surface area contributed by atoms with Crippen molar-refractivity contribution in [2.75, 3.05) is 0 Å². The van der Waals surface area contributed by atoms with Crippen molar-refractivity contribution in [3.05, 3.63) is 63.6 Å². The summed E-state index contributed by atoms with van der Waals surface area (Å²) in [6, 6.07) is 8.07. The number of aromatic carboxylic acids is 1. The Morgan fingerprint density at radius 3 is 2.65 bits per heavy atom. The summed E-state index contributed by atoms with van der Waals surface area (Å²) < 4.78 is 32.4. The molecule has 2 aromatic rings. The summed E-state index contributed by atoms with van der Waals surface area (Å²) in [7, 11) is 0. The molecule has 1 N–H and O–H groups in total. The van der Waals surface area contributed by atoms with Gasteiger partial charge in [0.05, 0.1) is 10.0 Å². The molecular weight excluding hydrogens is 334 g/mol. The zero-order valence-electron chi connectivity index (χ0n) is 10.1. The number of rotatable bonds is 4. The monoisotopic (exact) mass is 342 g/mol. The van der Waals surface area contributed by atoms with Gasteiger partial charge < -0.3 is 9.84 Å². The summed E-state index contributed by atoms with van der Waals surface area (Å²) in [4.78, 5) is 10.8. The Hall–Kier alpha value is -1.95. The van der Waals surface area contributed by atoms with Crippen LogP contribution in [0, 0.1) is 11.6 Å². The number of carbonyl (C=O) groups is 1. The minimum atomic E-state index is -1.34.